The van der Waals surface area contributed by atoms with E-state index in [9.17, 15) is 4.79 Å². The molecule has 2 heterocycles. The Labute approximate surface area is 80.6 Å². The number of nitrogens with zero attached hydrogens (tertiary/aromatic N) is 3. The van der Waals surface area contributed by atoms with E-state index in [1.165, 1.54) is 18.4 Å². The largest absolute Gasteiger partial charge is 0.296 e. The lowest BCUT2D eigenvalue weighted by molar-refractivity contribution is 0.111. The summed E-state index contributed by atoms with van der Waals surface area (Å²) in [6.45, 7) is 0. The zero-order valence-electron chi connectivity index (χ0n) is 7.55. The molecule has 70 valence electrons. The third-order valence-corrected chi connectivity index (χ3v) is 2.58. The zero-order valence-corrected chi connectivity index (χ0v) is 7.55. The lowest BCUT2D eigenvalue weighted by atomic mass is 10.2. The van der Waals surface area contributed by atoms with Crippen molar-refractivity contribution in [2.45, 2.75) is 18.8 Å². The van der Waals surface area contributed by atoms with Gasteiger partial charge in [0.05, 0.1) is 6.20 Å². The Bertz CT molecular complexity index is 499. The molecule has 2 aromatic heterocycles. The van der Waals surface area contributed by atoms with Crippen LogP contribution in [0.25, 0.3) is 5.78 Å². The quantitative estimate of drug-likeness (QED) is 0.668. The normalized spacial score (nSPS) is 16.0. The molecule has 2 aromatic rings. The van der Waals surface area contributed by atoms with Gasteiger partial charge in [-0.1, -0.05) is 0 Å². The molecule has 0 spiro atoms. The van der Waals surface area contributed by atoms with E-state index in [0.29, 0.717) is 17.4 Å². The predicted octanol–water partition coefficient (Wildman–Crippen LogP) is 1.42. The van der Waals surface area contributed by atoms with E-state index in [1.54, 1.807) is 10.6 Å². The summed E-state index contributed by atoms with van der Waals surface area (Å²) >= 11 is 0. The highest BCUT2D eigenvalue weighted by atomic mass is 16.1. The highest BCUT2D eigenvalue weighted by Crippen LogP contribution is 2.39. The van der Waals surface area contributed by atoms with Crippen LogP contribution in [0.15, 0.2) is 18.6 Å². The number of imidazole rings is 1. The average molecular weight is 187 g/mol. The molecular formula is C10H9N3O. The van der Waals surface area contributed by atoms with Crippen molar-refractivity contribution in [2.75, 3.05) is 0 Å². The van der Waals surface area contributed by atoms with Gasteiger partial charge in [0.2, 0.25) is 5.78 Å². The van der Waals surface area contributed by atoms with Crippen LogP contribution in [0.3, 0.4) is 0 Å². The van der Waals surface area contributed by atoms with Crippen molar-refractivity contribution in [1.29, 1.82) is 0 Å². The second-order valence-electron chi connectivity index (χ2n) is 3.63. The molecule has 0 aliphatic heterocycles. The molecular weight excluding hydrogens is 178 g/mol. The fourth-order valence-corrected chi connectivity index (χ4v) is 1.62. The van der Waals surface area contributed by atoms with E-state index >= 15 is 0 Å². The standard InChI is InChI=1S/C10H9N3O/c14-6-9-4-12-10-11-3-8(5-13(9)10)7-1-2-7/h3-7H,1-2H2. The molecule has 0 amide bonds. The molecule has 1 aliphatic carbocycles. The fourth-order valence-electron chi connectivity index (χ4n) is 1.62. The molecule has 0 saturated heterocycles. The molecule has 0 aromatic carbocycles. The minimum Gasteiger partial charge on any atom is -0.296 e. The van der Waals surface area contributed by atoms with Crippen molar-refractivity contribution >= 4 is 12.1 Å². The molecule has 0 bridgehead atoms. The third kappa shape index (κ3) is 1.04. The molecule has 4 nitrogen and oxygen atoms in total. The Morgan fingerprint density at radius 2 is 2.14 bits per heavy atom. The van der Waals surface area contributed by atoms with Gasteiger partial charge in [0, 0.05) is 12.4 Å². The predicted molar refractivity (Wildman–Crippen MR) is 50.3 cm³/mol. The summed E-state index contributed by atoms with van der Waals surface area (Å²) in [5, 5.41) is 0. The first-order chi connectivity index (χ1) is 6.88. The first kappa shape index (κ1) is 7.67. The van der Waals surface area contributed by atoms with Gasteiger partial charge in [-0.3, -0.25) is 9.20 Å². The summed E-state index contributed by atoms with van der Waals surface area (Å²) in [7, 11) is 0. The number of carbonyl (C=O) groups excluding carboxylic acids is 1. The highest BCUT2D eigenvalue weighted by molar-refractivity contribution is 5.73. The van der Waals surface area contributed by atoms with Crippen LogP contribution in [0.5, 0.6) is 0 Å². The van der Waals surface area contributed by atoms with Gasteiger partial charge in [-0.25, -0.2) is 9.97 Å². The van der Waals surface area contributed by atoms with Gasteiger partial charge in [-0.05, 0) is 24.3 Å². The maximum Gasteiger partial charge on any atom is 0.234 e. The Balaban J connectivity index is 2.23. The van der Waals surface area contributed by atoms with E-state index in [1.807, 2.05) is 12.4 Å². The second kappa shape index (κ2) is 2.64. The number of aromatic nitrogens is 3. The fraction of sp³-hybridized carbons (Fsp3) is 0.300. The maximum absolute atomic E-state index is 10.7. The lowest BCUT2D eigenvalue weighted by Crippen LogP contribution is -1.95. The van der Waals surface area contributed by atoms with Gasteiger partial charge in [0.25, 0.3) is 0 Å². The van der Waals surface area contributed by atoms with Crippen LogP contribution in [0.1, 0.15) is 34.8 Å². The van der Waals surface area contributed by atoms with Crippen LogP contribution >= 0.6 is 0 Å². The van der Waals surface area contributed by atoms with Gasteiger partial charge >= 0.3 is 0 Å². The van der Waals surface area contributed by atoms with Crippen molar-refractivity contribution in [1.82, 2.24) is 14.4 Å². The van der Waals surface area contributed by atoms with Crippen LogP contribution in [0.2, 0.25) is 0 Å². The van der Waals surface area contributed by atoms with Crippen LogP contribution in [0.4, 0.5) is 0 Å². The van der Waals surface area contributed by atoms with Gasteiger partial charge in [0.1, 0.15) is 5.69 Å². The number of fused-ring (bicyclic) bond motifs is 1. The van der Waals surface area contributed by atoms with E-state index in [-0.39, 0.29) is 0 Å². The molecule has 3 rings (SSSR count). The summed E-state index contributed by atoms with van der Waals surface area (Å²) < 4.78 is 1.75. The second-order valence-corrected chi connectivity index (χ2v) is 3.63. The smallest absolute Gasteiger partial charge is 0.234 e. The van der Waals surface area contributed by atoms with Crippen molar-refractivity contribution in [3.8, 4) is 0 Å². The Morgan fingerprint density at radius 1 is 1.36 bits per heavy atom. The van der Waals surface area contributed by atoms with E-state index < -0.39 is 0 Å². The summed E-state index contributed by atoms with van der Waals surface area (Å²) in [6, 6.07) is 0. The molecule has 1 aliphatic rings. The number of carbonyl (C=O) groups is 1. The molecule has 1 saturated carbocycles. The molecule has 4 heteroatoms. The van der Waals surface area contributed by atoms with Gasteiger partial charge in [-0.15, -0.1) is 0 Å². The van der Waals surface area contributed by atoms with Crippen LogP contribution in [-0.2, 0) is 0 Å². The summed E-state index contributed by atoms with van der Waals surface area (Å²) in [5.41, 5.74) is 1.77. The molecule has 0 N–H and O–H groups in total. The maximum atomic E-state index is 10.7. The zero-order chi connectivity index (χ0) is 9.54. The summed E-state index contributed by atoms with van der Waals surface area (Å²) in [4.78, 5) is 18.9. The van der Waals surface area contributed by atoms with Crippen molar-refractivity contribution in [3.05, 3.63) is 29.8 Å². The van der Waals surface area contributed by atoms with E-state index in [4.69, 9.17) is 0 Å². The summed E-state index contributed by atoms with van der Waals surface area (Å²) in [5.74, 6) is 1.24. The Hall–Kier alpha value is -1.71. The van der Waals surface area contributed by atoms with Crippen molar-refractivity contribution in [3.63, 3.8) is 0 Å². The number of hydrogen-bond acceptors (Lipinski definition) is 3. The number of rotatable bonds is 2. The Kier molecular flexibility index (Phi) is 1.45. The Morgan fingerprint density at radius 3 is 2.86 bits per heavy atom. The molecule has 1 fully saturated rings. The van der Waals surface area contributed by atoms with Gasteiger partial charge in [-0.2, -0.15) is 0 Å². The minimum absolute atomic E-state index is 0.565. The monoisotopic (exact) mass is 187 g/mol. The van der Waals surface area contributed by atoms with Crippen LogP contribution in [0, 0.1) is 0 Å². The average Bonchev–Trinajstić information content (AvgIpc) is 2.98. The van der Waals surface area contributed by atoms with Crippen LogP contribution < -0.4 is 0 Å². The highest BCUT2D eigenvalue weighted by Gasteiger charge is 2.24. The molecule has 14 heavy (non-hydrogen) atoms. The van der Waals surface area contributed by atoms with Gasteiger partial charge in [0.15, 0.2) is 6.29 Å². The molecule has 0 atom stereocenters. The number of hydrogen-bond donors (Lipinski definition) is 0. The van der Waals surface area contributed by atoms with Crippen molar-refractivity contribution < 1.29 is 4.79 Å². The number of aldehydes is 1. The third-order valence-electron chi connectivity index (χ3n) is 2.58. The van der Waals surface area contributed by atoms with E-state index in [2.05, 4.69) is 9.97 Å². The van der Waals surface area contributed by atoms with E-state index in [0.717, 1.165) is 6.29 Å². The SMILES string of the molecule is O=Cc1cnc2ncc(C3CC3)cn12. The van der Waals surface area contributed by atoms with Crippen molar-refractivity contribution in [2.24, 2.45) is 0 Å². The minimum atomic E-state index is 0.565. The van der Waals surface area contributed by atoms with Gasteiger partial charge < -0.3 is 0 Å². The summed E-state index contributed by atoms with van der Waals surface area (Å²) in [6.07, 6.45) is 8.65. The van der Waals surface area contributed by atoms with Crippen LogP contribution in [-0.4, -0.2) is 20.7 Å². The first-order valence-electron chi connectivity index (χ1n) is 4.66. The topological polar surface area (TPSA) is 47.3 Å². The molecule has 0 unspecified atom stereocenters. The first-order valence-corrected chi connectivity index (χ1v) is 4.66. The molecule has 0 radical (unpaired) electrons. The lowest BCUT2D eigenvalue weighted by Gasteiger charge is -1.99.